The quantitative estimate of drug-likeness (QED) is 0.222. The number of thiazole rings is 1. The zero-order valence-corrected chi connectivity index (χ0v) is 17.4. The maximum atomic E-state index is 11.4. The number of nitrogens with one attached hydrogen (secondary N) is 2. The van der Waals surface area contributed by atoms with Gasteiger partial charge in [-0.3, -0.25) is 4.79 Å². The Balaban J connectivity index is 1.98. The minimum absolute atomic E-state index is 0.0436. The van der Waals surface area contributed by atoms with Crippen LogP contribution in [0.5, 0.6) is 0 Å². The number of aliphatic hydroxyl groups is 1. The molecule has 0 aliphatic carbocycles. The SMILES string of the molecule is C=C(NCCCO)C(C(C)C)N(N)/C=C(\N)CCc1ccc2[nH]c(=O)sc2c1. The number of hydrogen-bond acceptors (Lipinski definition) is 7. The molecule has 7 N–H and O–H groups in total. The van der Waals surface area contributed by atoms with Crippen molar-refractivity contribution < 1.29 is 5.11 Å². The summed E-state index contributed by atoms with van der Waals surface area (Å²) in [6.07, 6.45) is 3.84. The largest absolute Gasteiger partial charge is 0.401 e. The molecule has 0 amide bonds. The first-order chi connectivity index (χ1) is 13.3. The van der Waals surface area contributed by atoms with Crippen LogP contribution < -0.4 is 21.8 Å². The number of H-pyrrole nitrogens is 1. The summed E-state index contributed by atoms with van der Waals surface area (Å²) in [5, 5.41) is 13.7. The minimum Gasteiger partial charge on any atom is -0.401 e. The van der Waals surface area contributed by atoms with Crippen molar-refractivity contribution in [3.63, 3.8) is 0 Å². The van der Waals surface area contributed by atoms with Crippen LogP contribution in [0.25, 0.3) is 10.2 Å². The molecule has 28 heavy (non-hydrogen) atoms. The first-order valence-corrected chi connectivity index (χ1v) is 10.3. The fourth-order valence-electron chi connectivity index (χ4n) is 3.13. The van der Waals surface area contributed by atoms with E-state index in [1.807, 2.05) is 18.2 Å². The summed E-state index contributed by atoms with van der Waals surface area (Å²) in [5.74, 6) is 6.50. The van der Waals surface area contributed by atoms with Gasteiger partial charge >= 0.3 is 4.87 Å². The van der Waals surface area contributed by atoms with Gasteiger partial charge in [0.1, 0.15) is 0 Å². The lowest BCUT2D eigenvalue weighted by atomic mass is 10.0. The summed E-state index contributed by atoms with van der Waals surface area (Å²) < 4.78 is 0.954. The molecule has 0 spiro atoms. The molecule has 154 valence electrons. The summed E-state index contributed by atoms with van der Waals surface area (Å²) in [6, 6.07) is 5.84. The number of benzene rings is 1. The third-order valence-corrected chi connectivity index (χ3v) is 5.34. The maximum absolute atomic E-state index is 11.4. The topological polar surface area (TPSA) is 120 Å². The van der Waals surface area contributed by atoms with Crippen LogP contribution in [0.3, 0.4) is 0 Å². The lowest BCUT2D eigenvalue weighted by Crippen LogP contribution is -2.45. The number of hydrogen-bond donors (Lipinski definition) is 5. The standard InChI is InChI=1S/C20H31N5O2S/c1-13(2)19(14(3)23-9-4-10-26)25(22)12-16(21)7-5-15-6-8-17-18(11-15)28-20(27)24-17/h6,8,11-13,19,23,26H,3-5,7,9-10,21-22H2,1-2H3,(H,24,27)/b16-12-. The van der Waals surface area contributed by atoms with E-state index in [0.29, 0.717) is 25.1 Å². The van der Waals surface area contributed by atoms with E-state index < -0.39 is 0 Å². The lowest BCUT2D eigenvalue weighted by Gasteiger charge is -2.32. The summed E-state index contributed by atoms with van der Waals surface area (Å²) in [4.78, 5) is 14.2. The Morgan fingerprint density at radius 2 is 2.21 bits per heavy atom. The van der Waals surface area contributed by atoms with E-state index >= 15 is 0 Å². The third-order valence-electron chi connectivity index (χ3n) is 4.50. The minimum atomic E-state index is -0.106. The molecule has 1 atom stereocenters. The van der Waals surface area contributed by atoms with Gasteiger partial charge in [-0.05, 0) is 42.9 Å². The second kappa shape index (κ2) is 10.3. The molecule has 7 nitrogen and oxygen atoms in total. The molecule has 0 bridgehead atoms. The Morgan fingerprint density at radius 1 is 1.46 bits per heavy atom. The number of nitrogens with zero attached hydrogens (tertiary/aromatic N) is 1. The predicted octanol–water partition coefficient (Wildman–Crippen LogP) is 2.01. The molecule has 1 unspecified atom stereocenters. The molecule has 8 heteroatoms. The zero-order chi connectivity index (χ0) is 20.7. The first-order valence-electron chi connectivity index (χ1n) is 9.46. The van der Waals surface area contributed by atoms with Crippen molar-refractivity contribution in [2.75, 3.05) is 13.2 Å². The molecule has 0 aliphatic heterocycles. The van der Waals surface area contributed by atoms with Crippen molar-refractivity contribution in [1.82, 2.24) is 15.3 Å². The molecule has 2 aromatic rings. The fourth-order valence-corrected chi connectivity index (χ4v) is 3.93. The molecule has 2 rings (SSSR count). The van der Waals surface area contributed by atoms with Crippen LogP contribution >= 0.6 is 11.3 Å². The molecular formula is C20H31N5O2S. The van der Waals surface area contributed by atoms with Gasteiger partial charge < -0.3 is 26.1 Å². The van der Waals surface area contributed by atoms with Crippen LogP contribution in [0, 0.1) is 5.92 Å². The van der Waals surface area contributed by atoms with Crippen LogP contribution in [0.1, 0.15) is 32.3 Å². The fraction of sp³-hybridized carbons (Fsp3) is 0.450. The van der Waals surface area contributed by atoms with Gasteiger partial charge in [0.05, 0.1) is 16.3 Å². The smallest absolute Gasteiger partial charge is 0.305 e. The molecular weight excluding hydrogens is 374 g/mol. The van der Waals surface area contributed by atoms with Gasteiger partial charge in [0.2, 0.25) is 0 Å². The number of aryl methyl sites for hydroxylation is 1. The van der Waals surface area contributed by atoms with Crippen molar-refractivity contribution >= 4 is 21.6 Å². The first kappa shape index (κ1) is 22.0. The molecule has 0 radical (unpaired) electrons. The maximum Gasteiger partial charge on any atom is 0.305 e. The molecule has 0 saturated heterocycles. The Morgan fingerprint density at radius 3 is 2.89 bits per heavy atom. The second-order valence-corrected chi connectivity index (χ2v) is 8.23. The molecule has 0 saturated carbocycles. The summed E-state index contributed by atoms with van der Waals surface area (Å²) in [7, 11) is 0. The Bertz CT molecular complexity index is 871. The van der Waals surface area contributed by atoms with E-state index in [0.717, 1.165) is 27.9 Å². The third kappa shape index (κ3) is 6.12. The zero-order valence-electron chi connectivity index (χ0n) is 16.6. The van der Waals surface area contributed by atoms with Crippen LogP contribution in [0.15, 0.2) is 47.2 Å². The summed E-state index contributed by atoms with van der Waals surface area (Å²) in [5.41, 5.74) is 9.68. The molecule has 0 aliphatic rings. The van der Waals surface area contributed by atoms with E-state index in [1.54, 1.807) is 11.2 Å². The highest BCUT2D eigenvalue weighted by atomic mass is 32.1. The highest BCUT2D eigenvalue weighted by molar-refractivity contribution is 7.16. The van der Waals surface area contributed by atoms with E-state index in [1.165, 1.54) is 11.3 Å². The number of rotatable bonds is 11. The number of aromatic nitrogens is 1. The number of fused-ring (bicyclic) bond motifs is 1. The van der Waals surface area contributed by atoms with Gasteiger partial charge in [-0.25, -0.2) is 5.84 Å². The highest BCUT2D eigenvalue weighted by Gasteiger charge is 2.21. The average Bonchev–Trinajstić information content (AvgIpc) is 2.99. The molecule has 1 heterocycles. The van der Waals surface area contributed by atoms with Crippen LogP contribution in [0.4, 0.5) is 0 Å². The average molecular weight is 406 g/mol. The van der Waals surface area contributed by atoms with E-state index in [-0.39, 0.29) is 23.4 Å². The summed E-state index contributed by atoms with van der Waals surface area (Å²) in [6.45, 7) is 9.03. The van der Waals surface area contributed by atoms with Gasteiger partial charge in [-0.1, -0.05) is 37.8 Å². The van der Waals surface area contributed by atoms with Crippen LogP contribution in [-0.2, 0) is 6.42 Å². The Hall–Kier alpha value is -2.29. The lowest BCUT2D eigenvalue weighted by molar-refractivity contribution is 0.243. The van der Waals surface area contributed by atoms with E-state index in [9.17, 15) is 4.79 Å². The second-order valence-electron chi connectivity index (χ2n) is 7.21. The van der Waals surface area contributed by atoms with Crippen molar-refractivity contribution in [2.45, 2.75) is 39.2 Å². The normalized spacial score (nSPS) is 13.1. The van der Waals surface area contributed by atoms with Crippen molar-refractivity contribution in [3.05, 3.63) is 57.6 Å². The van der Waals surface area contributed by atoms with Gasteiger partial charge in [-0.2, -0.15) is 0 Å². The van der Waals surface area contributed by atoms with E-state index in [2.05, 4.69) is 30.7 Å². The van der Waals surface area contributed by atoms with Crippen molar-refractivity contribution in [2.24, 2.45) is 17.5 Å². The number of nitrogens with two attached hydrogens (primary N) is 2. The number of aliphatic hydroxyl groups excluding tert-OH is 1. The number of allylic oxidation sites excluding steroid dienone is 1. The molecule has 1 aromatic heterocycles. The Labute approximate surface area is 169 Å². The molecule has 0 fully saturated rings. The van der Waals surface area contributed by atoms with Crippen LogP contribution in [-0.4, -0.2) is 34.3 Å². The van der Waals surface area contributed by atoms with Gasteiger partial charge in [-0.15, -0.1) is 0 Å². The van der Waals surface area contributed by atoms with Crippen LogP contribution in [0.2, 0.25) is 0 Å². The summed E-state index contributed by atoms with van der Waals surface area (Å²) >= 11 is 1.21. The Kier molecular flexibility index (Phi) is 8.10. The highest BCUT2D eigenvalue weighted by Crippen LogP contribution is 2.19. The monoisotopic (exact) mass is 405 g/mol. The predicted molar refractivity (Wildman–Crippen MR) is 117 cm³/mol. The van der Waals surface area contributed by atoms with Gasteiger partial charge in [0.15, 0.2) is 0 Å². The molecule has 1 aromatic carbocycles. The van der Waals surface area contributed by atoms with E-state index in [4.69, 9.17) is 16.7 Å². The van der Waals surface area contributed by atoms with Gasteiger partial charge in [0, 0.05) is 30.7 Å². The number of aromatic amines is 1. The van der Waals surface area contributed by atoms with Gasteiger partial charge in [0.25, 0.3) is 0 Å². The van der Waals surface area contributed by atoms with Crippen molar-refractivity contribution in [1.29, 1.82) is 0 Å². The number of hydrazine groups is 1. The van der Waals surface area contributed by atoms with Crippen molar-refractivity contribution in [3.8, 4) is 0 Å².